The standard InChI is InChI=1S/C23H25N5O2/c1-30-15-19-22(16-7-3-2-4-8-16)23-25-18(13-21(29)28(23)26-19)11-12-27-20-10-6-5-9-17(20)14-24-27/h2-4,7-8,13-14,26H,5-6,9-12,15H2,1H3. The summed E-state index contributed by atoms with van der Waals surface area (Å²) in [5.74, 6) is 0. The average Bonchev–Trinajstić information content (AvgIpc) is 3.35. The van der Waals surface area contributed by atoms with Crippen LogP contribution < -0.4 is 5.56 Å². The summed E-state index contributed by atoms with van der Waals surface area (Å²) >= 11 is 0. The highest BCUT2D eigenvalue weighted by Gasteiger charge is 2.18. The molecule has 154 valence electrons. The van der Waals surface area contributed by atoms with E-state index in [4.69, 9.17) is 9.72 Å². The molecular formula is C23H25N5O2. The van der Waals surface area contributed by atoms with Crippen molar-refractivity contribution in [1.82, 2.24) is 24.4 Å². The van der Waals surface area contributed by atoms with E-state index in [0.717, 1.165) is 41.9 Å². The van der Waals surface area contributed by atoms with Gasteiger partial charge in [0, 0.05) is 37.4 Å². The third-order valence-corrected chi connectivity index (χ3v) is 5.82. The Bertz CT molecular complexity index is 1240. The Morgan fingerprint density at radius 3 is 2.83 bits per heavy atom. The molecule has 1 N–H and O–H groups in total. The van der Waals surface area contributed by atoms with Gasteiger partial charge in [-0.1, -0.05) is 30.3 Å². The van der Waals surface area contributed by atoms with Crippen molar-refractivity contribution < 1.29 is 4.74 Å². The van der Waals surface area contributed by atoms with Crippen LogP contribution in [0.1, 0.15) is 35.5 Å². The Morgan fingerprint density at radius 2 is 2.00 bits per heavy atom. The second kappa shape index (κ2) is 7.91. The zero-order chi connectivity index (χ0) is 20.5. The van der Waals surface area contributed by atoms with E-state index in [1.54, 1.807) is 13.2 Å². The Balaban J connectivity index is 1.52. The molecule has 3 heterocycles. The molecule has 0 radical (unpaired) electrons. The lowest BCUT2D eigenvalue weighted by atomic mass is 9.98. The Hall–Kier alpha value is -3.19. The fraction of sp³-hybridized carbons (Fsp3) is 0.348. The predicted octanol–water partition coefficient (Wildman–Crippen LogP) is 3.15. The van der Waals surface area contributed by atoms with E-state index in [-0.39, 0.29) is 5.56 Å². The van der Waals surface area contributed by atoms with Crippen LogP contribution in [0.2, 0.25) is 0 Å². The van der Waals surface area contributed by atoms with E-state index in [0.29, 0.717) is 18.7 Å². The first-order valence-electron chi connectivity index (χ1n) is 10.5. The van der Waals surface area contributed by atoms with Crippen LogP contribution in [-0.4, -0.2) is 31.5 Å². The molecule has 30 heavy (non-hydrogen) atoms. The van der Waals surface area contributed by atoms with Crippen LogP contribution in [-0.2, 0) is 37.2 Å². The second-order valence-corrected chi connectivity index (χ2v) is 7.81. The maximum absolute atomic E-state index is 12.8. The summed E-state index contributed by atoms with van der Waals surface area (Å²) in [6.45, 7) is 1.11. The molecule has 0 amide bonds. The fourth-order valence-electron chi connectivity index (χ4n) is 4.39. The number of rotatable bonds is 6. The summed E-state index contributed by atoms with van der Waals surface area (Å²) in [6.07, 6.45) is 7.33. The van der Waals surface area contributed by atoms with Crippen molar-refractivity contribution in [3.8, 4) is 11.1 Å². The van der Waals surface area contributed by atoms with Crippen LogP contribution in [0.4, 0.5) is 0 Å². The number of H-pyrrole nitrogens is 1. The van der Waals surface area contributed by atoms with E-state index >= 15 is 0 Å². The molecule has 0 aliphatic heterocycles. The monoisotopic (exact) mass is 403 g/mol. The smallest absolute Gasteiger partial charge is 0.272 e. The van der Waals surface area contributed by atoms with Crippen molar-refractivity contribution in [3.63, 3.8) is 0 Å². The molecule has 0 spiro atoms. The van der Waals surface area contributed by atoms with Gasteiger partial charge in [-0.05, 0) is 36.8 Å². The number of ether oxygens (including phenoxy) is 1. The minimum atomic E-state index is -0.114. The molecule has 1 aromatic carbocycles. The maximum atomic E-state index is 12.8. The number of hydrogen-bond donors (Lipinski definition) is 1. The van der Waals surface area contributed by atoms with E-state index in [9.17, 15) is 4.79 Å². The van der Waals surface area contributed by atoms with Gasteiger partial charge in [0.05, 0.1) is 24.2 Å². The van der Waals surface area contributed by atoms with Crippen molar-refractivity contribution >= 4 is 5.65 Å². The van der Waals surface area contributed by atoms with Crippen molar-refractivity contribution in [2.24, 2.45) is 0 Å². The lowest BCUT2D eigenvalue weighted by molar-refractivity contribution is 0.181. The lowest BCUT2D eigenvalue weighted by Gasteiger charge is -2.13. The summed E-state index contributed by atoms with van der Waals surface area (Å²) in [6, 6.07) is 11.6. The molecular weight excluding hydrogens is 378 g/mol. The molecule has 0 saturated heterocycles. The van der Waals surface area contributed by atoms with Gasteiger partial charge < -0.3 is 4.74 Å². The Labute approximate surface area is 174 Å². The molecule has 0 bridgehead atoms. The van der Waals surface area contributed by atoms with Crippen LogP contribution >= 0.6 is 0 Å². The highest BCUT2D eigenvalue weighted by atomic mass is 16.5. The number of methoxy groups -OCH3 is 1. The third kappa shape index (κ3) is 3.35. The number of aromatic nitrogens is 5. The first-order chi connectivity index (χ1) is 14.7. The number of nitrogens with zero attached hydrogens (tertiary/aromatic N) is 4. The van der Waals surface area contributed by atoms with Gasteiger partial charge in [-0.3, -0.25) is 14.6 Å². The topological polar surface area (TPSA) is 77.2 Å². The zero-order valence-electron chi connectivity index (χ0n) is 17.1. The minimum Gasteiger partial charge on any atom is -0.378 e. The van der Waals surface area contributed by atoms with Gasteiger partial charge in [-0.15, -0.1) is 0 Å². The molecule has 7 heteroatoms. The second-order valence-electron chi connectivity index (χ2n) is 7.81. The normalized spacial score (nSPS) is 13.6. The minimum absolute atomic E-state index is 0.114. The zero-order valence-corrected chi connectivity index (χ0v) is 17.1. The SMILES string of the molecule is COCc1[nH]n2c(=O)cc(CCn3ncc4c3CCCC4)nc2c1-c1ccccc1. The van der Waals surface area contributed by atoms with Crippen LogP contribution in [0.15, 0.2) is 47.4 Å². The van der Waals surface area contributed by atoms with Crippen molar-refractivity contribution in [3.05, 3.63) is 75.6 Å². The van der Waals surface area contributed by atoms with Gasteiger partial charge >= 0.3 is 0 Å². The molecule has 3 aromatic heterocycles. The number of aryl methyl sites for hydroxylation is 3. The van der Waals surface area contributed by atoms with E-state index in [2.05, 4.69) is 14.9 Å². The van der Waals surface area contributed by atoms with Crippen molar-refractivity contribution in [2.45, 2.75) is 45.3 Å². The molecule has 0 atom stereocenters. The number of hydrogen-bond acceptors (Lipinski definition) is 4. The molecule has 0 fully saturated rings. The maximum Gasteiger partial charge on any atom is 0.272 e. The van der Waals surface area contributed by atoms with E-state index < -0.39 is 0 Å². The van der Waals surface area contributed by atoms with Gasteiger partial charge in [0.2, 0.25) is 0 Å². The van der Waals surface area contributed by atoms with Crippen LogP contribution in [0.25, 0.3) is 16.8 Å². The van der Waals surface area contributed by atoms with E-state index in [1.165, 1.54) is 28.6 Å². The summed E-state index contributed by atoms with van der Waals surface area (Å²) in [5, 5.41) is 7.74. The van der Waals surface area contributed by atoms with Crippen molar-refractivity contribution in [1.29, 1.82) is 0 Å². The number of aromatic amines is 1. The van der Waals surface area contributed by atoms with Crippen LogP contribution in [0.3, 0.4) is 0 Å². The highest BCUT2D eigenvalue weighted by Crippen LogP contribution is 2.27. The van der Waals surface area contributed by atoms with Crippen LogP contribution in [0.5, 0.6) is 0 Å². The molecule has 5 rings (SSSR count). The molecule has 1 aliphatic carbocycles. The van der Waals surface area contributed by atoms with Gasteiger partial charge in [0.25, 0.3) is 5.56 Å². The Morgan fingerprint density at radius 1 is 1.17 bits per heavy atom. The summed E-state index contributed by atoms with van der Waals surface area (Å²) in [7, 11) is 1.65. The van der Waals surface area contributed by atoms with Gasteiger partial charge in [-0.25, -0.2) is 9.50 Å². The number of fused-ring (bicyclic) bond motifs is 2. The van der Waals surface area contributed by atoms with Crippen molar-refractivity contribution in [2.75, 3.05) is 7.11 Å². The number of benzene rings is 1. The predicted molar refractivity (Wildman–Crippen MR) is 115 cm³/mol. The molecule has 0 saturated carbocycles. The number of nitrogens with one attached hydrogen (secondary N) is 1. The first kappa shape index (κ1) is 18.8. The summed E-state index contributed by atoms with van der Waals surface area (Å²) in [4.78, 5) is 17.7. The largest absolute Gasteiger partial charge is 0.378 e. The Kier molecular flexibility index (Phi) is 4.96. The fourth-order valence-corrected chi connectivity index (χ4v) is 4.39. The van der Waals surface area contributed by atoms with Gasteiger partial charge in [0.15, 0.2) is 5.65 Å². The molecule has 4 aromatic rings. The van der Waals surface area contributed by atoms with Crippen LogP contribution in [0, 0.1) is 0 Å². The van der Waals surface area contributed by atoms with Gasteiger partial charge in [0.1, 0.15) is 0 Å². The first-order valence-corrected chi connectivity index (χ1v) is 10.5. The average molecular weight is 403 g/mol. The van der Waals surface area contributed by atoms with Gasteiger partial charge in [-0.2, -0.15) is 5.10 Å². The highest BCUT2D eigenvalue weighted by molar-refractivity contribution is 5.79. The third-order valence-electron chi connectivity index (χ3n) is 5.82. The molecule has 1 aliphatic rings. The van der Waals surface area contributed by atoms with E-state index in [1.807, 2.05) is 36.5 Å². The molecule has 0 unspecified atom stereocenters. The summed E-state index contributed by atoms with van der Waals surface area (Å²) < 4.78 is 8.95. The quantitative estimate of drug-likeness (QED) is 0.537. The lowest BCUT2D eigenvalue weighted by Crippen LogP contribution is -2.17. The summed E-state index contributed by atoms with van der Waals surface area (Å²) in [5.41, 5.74) is 6.77. The molecule has 7 nitrogen and oxygen atoms in total.